The third-order valence-corrected chi connectivity index (χ3v) is 7.82. The summed E-state index contributed by atoms with van der Waals surface area (Å²) in [5.41, 5.74) is 6.84. The molecule has 4 heterocycles. The number of aryl methyl sites for hydroxylation is 2. The third kappa shape index (κ3) is 5.58. The number of pyridine rings is 1. The average molecular weight is 520 g/mol. The summed E-state index contributed by atoms with van der Waals surface area (Å²) in [5, 5.41) is 11.7. The first-order valence-electron chi connectivity index (χ1n) is 12.8. The van der Waals surface area contributed by atoms with E-state index in [4.69, 9.17) is 0 Å². The van der Waals surface area contributed by atoms with Crippen LogP contribution in [0.1, 0.15) is 61.0 Å². The molecule has 2 aromatic heterocycles. The van der Waals surface area contributed by atoms with Gasteiger partial charge < -0.3 is 14.6 Å². The van der Waals surface area contributed by atoms with Crippen LogP contribution in [0.25, 0.3) is 10.9 Å². The molecule has 35 heavy (non-hydrogen) atoms. The van der Waals surface area contributed by atoms with Gasteiger partial charge in [0.05, 0.1) is 5.52 Å². The smallest absolute Gasteiger partial charge is 0.128 e. The number of piperazine rings is 1. The number of nitrogens with zero attached hydrogens (tertiary/aromatic N) is 4. The zero-order chi connectivity index (χ0) is 22.9. The first-order valence-corrected chi connectivity index (χ1v) is 12.8. The van der Waals surface area contributed by atoms with Crippen molar-refractivity contribution >= 4 is 41.5 Å². The molecular formula is C28H40Cl2N4O. The van der Waals surface area contributed by atoms with Crippen molar-refractivity contribution in [1.82, 2.24) is 14.5 Å². The highest BCUT2D eigenvalue weighted by Crippen LogP contribution is 2.41. The number of rotatable bonds is 7. The van der Waals surface area contributed by atoms with Crippen LogP contribution in [0.15, 0.2) is 30.5 Å². The highest BCUT2D eigenvalue weighted by atomic mass is 35.5. The fraction of sp³-hybridized carbons (Fsp3) is 0.536. The number of phenols is 1. The normalized spacial score (nSPS) is 17.8. The highest BCUT2D eigenvalue weighted by molar-refractivity contribution is 5.90. The number of hydrogen-bond donors (Lipinski definition) is 1. The predicted molar refractivity (Wildman–Crippen MR) is 151 cm³/mol. The van der Waals surface area contributed by atoms with Gasteiger partial charge in [-0.25, -0.2) is 4.98 Å². The van der Waals surface area contributed by atoms with Crippen molar-refractivity contribution < 1.29 is 5.11 Å². The van der Waals surface area contributed by atoms with E-state index in [-0.39, 0.29) is 24.8 Å². The molecule has 1 atom stereocenters. The molecule has 0 spiro atoms. The summed E-state index contributed by atoms with van der Waals surface area (Å²) >= 11 is 0. The number of aromatic nitrogens is 2. The highest BCUT2D eigenvalue weighted by Gasteiger charge is 2.27. The Balaban J connectivity index is 0.00000171. The van der Waals surface area contributed by atoms with Gasteiger partial charge in [-0.2, -0.15) is 0 Å². The van der Waals surface area contributed by atoms with E-state index < -0.39 is 0 Å². The quantitative estimate of drug-likeness (QED) is 0.401. The lowest BCUT2D eigenvalue weighted by Crippen LogP contribution is -2.47. The number of aromatic hydroxyl groups is 1. The third-order valence-electron chi connectivity index (χ3n) is 7.82. The van der Waals surface area contributed by atoms with Gasteiger partial charge in [0.15, 0.2) is 0 Å². The summed E-state index contributed by atoms with van der Waals surface area (Å²) in [4.78, 5) is 9.57. The number of anilines is 1. The van der Waals surface area contributed by atoms with E-state index in [1.54, 1.807) is 0 Å². The molecule has 2 aliphatic rings. The topological polar surface area (TPSA) is 44.5 Å². The summed E-state index contributed by atoms with van der Waals surface area (Å²) in [5.74, 6) is 1.52. The van der Waals surface area contributed by atoms with Crippen LogP contribution >= 0.6 is 24.8 Å². The van der Waals surface area contributed by atoms with Gasteiger partial charge in [0.25, 0.3) is 0 Å². The van der Waals surface area contributed by atoms with Crippen molar-refractivity contribution in [3.05, 3.63) is 52.8 Å². The van der Waals surface area contributed by atoms with Gasteiger partial charge in [0.1, 0.15) is 11.6 Å². The molecule has 2 aliphatic heterocycles. The molecule has 0 aliphatic carbocycles. The molecular weight excluding hydrogens is 479 g/mol. The fourth-order valence-corrected chi connectivity index (χ4v) is 5.99. The Labute approximate surface area is 222 Å². The van der Waals surface area contributed by atoms with Crippen LogP contribution in [-0.2, 0) is 12.8 Å². The van der Waals surface area contributed by atoms with Crippen LogP contribution in [0.4, 0.5) is 5.82 Å². The number of halogens is 2. The molecule has 0 radical (unpaired) electrons. The Morgan fingerprint density at radius 3 is 2.54 bits per heavy atom. The van der Waals surface area contributed by atoms with E-state index in [9.17, 15) is 5.11 Å². The Morgan fingerprint density at radius 2 is 1.83 bits per heavy atom. The zero-order valence-electron chi connectivity index (χ0n) is 21.3. The predicted octanol–water partition coefficient (Wildman–Crippen LogP) is 6.24. The monoisotopic (exact) mass is 518 g/mol. The molecule has 7 heteroatoms. The minimum absolute atomic E-state index is 0. The van der Waals surface area contributed by atoms with Crippen LogP contribution in [-0.4, -0.2) is 52.3 Å². The molecule has 0 saturated carbocycles. The lowest BCUT2D eigenvalue weighted by molar-refractivity contribution is 0.260. The molecule has 0 bridgehead atoms. The number of unbranched alkanes of at least 4 members (excludes halogenated alkanes) is 1. The molecule has 1 fully saturated rings. The molecule has 5 nitrogen and oxygen atoms in total. The van der Waals surface area contributed by atoms with E-state index in [2.05, 4.69) is 52.3 Å². The molecule has 5 rings (SSSR count). The van der Waals surface area contributed by atoms with Gasteiger partial charge in [0, 0.05) is 56.0 Å². The summed E-state index contributed by atoms with van der Waals surface area (Å²) in [6.07, 6.45) is 9.02. The van der Waals surface area contributed by atoms with Crippen LogP contribution in [0.2, 0.25) is 0 Å². The molecule has 1 unspecified atom stereocenters. The first-order chi connectivity index (χ1) is 16.0. The minimum Gasteiger partial charge on any atom is -0.508 e. The zero-order valence-corrected chi connectivity index (χ0v) is 22.9. The van der Waals surface area contributed by atoms with Crippen molar-refractivity contribution in [2.75, 3.05) is 37.6 Å². The van der Waals surface area contributed by atoms with Crippen molar-refractivity contribution in [3.63, 3.8) is 0 Å². The van der Waals surface area contributed by atoms with Gasteiger partial charge in [-0.1, -0.05) is 19.8 Å². The van der Waals surface area contributed by atoms with E-state index in [1.165, 1.54) is 59.0 Å². The lowest BCUT2D eigenvalue weighted by Gasteiger charge is -2.35. The molecule has 1 N–H and O–H groups in total. The fourth-order valence-electron chi connectivity index (χ4n) is 5.99. The Kier molecular flexibility index (Phi) is 9.36. The van der Waals surface area contributed by atoms with Gasteiger partial charge in [-0.3, -0.25) is 4.90 Å². The molecule has 192 valence electrons. The van der Waals surface area contributed by atoms with Gasteiger partial charge in [0.2, 0.25) is 0 Å². The molecule has 1 saturated heterocycles. The summed E-state index contributed by atoms with van der Waals surface area (Å²) in [6.45, 7) is 12.0. The average Bonchev–Trinajstić information content (AvgIpc) is 3.10. The van der Waals surface area contributed by atoms with Crippen molar-refractivity contribution in [3.8, 4) is 5.75 Å². The first kappa shape index (κ1) is 27.6. The van der Waals surface area contributed by atoms with Gasteiger partial charge in [-0.15, -0.1) is 24.8 Å². The number of hydrogen-bond acceptors (Lipinski definition) is 4. The molecule has 0 amide bonds. The summed E-state index contributed by atoms with van der Waals surface area (Å²) in [7, 11) is 0. The van der Waals surface area contributed by atoms with Crippen molar-refractivity contribution in [1.29, 1.82) is 0 Å². The largest absolute Gasteiger partial charge is 0.508 e. The molecule has 3 aromatic rings. The Hall–Kier alpha value is -1.95. The van der Waals surface area contributed by atoms with Crippen LogP contribution in [0.3, 0.4) is 0 Å². The van der Waals surface area contributed by atoms with Crippen LogP contribution in [0, 0.1) is 13.8 Å². The maximum Gasteiger partial charge on any atom is 0.128 e. The Bertz CT molecular complexity index is 1140. The maximum absolute atomic E-state index is 10.4. The van der Waals surface area contributed by atoms with E-state index >= 15 is 0 Å². The summed E-state index contributed by atoms with van der Waals surface area (Å²) in [6, 6.07) is 8.86. The van der Waals surface area contributed by atoms with Crippen molar-refractivity contribution in [2.45, 2.75) is 65.3 Å². The van der Waals surface area contributed by atoms with E-state index in [0.717, 1.165) is 51.4 Å². The minimum atomic E-state index is 0. The SMILES string of the molecule is CCCCC1CCc2cc(O)cc3c(CCN4CCN(c5cc(C)ccn5)CC4)c(C)n1c23.Cl.Cl. The summed E-state index contributed by atoms with van der Waals surface area (Å²) < 4.78 is 2.62. The van der Waals surface area contributed by atoms with Gasteiger partial charge in [-0.05, 0) is 80.5 Å². The van der Waals surface area contributed by atoms with E-state index in [1.807, 2.05) is 18.3 Å². The Morgan fingerprint density at radius 1 is 1.06 bits per heavy atom. The van der Waals surface area contributed by atoms with E-state index in [0.29, 0.717) is 11.8 Å². The number of phenolic OH excluding ortho intramolecular Hbond substituents is 1. The lowest BCUT2D eigenvalue weighted by atomic mass is 9.95. The van der Waals surface area contributed by atoms with Crippen molar-refractivity contribution in [2.24, 2.45) is 0 Å². The second-order valence-electron chi connectivity index (χ2n) is 10.0. The standard InChI is InChI=1S/C28H38N4O.2ClH/c1-4-5-6-23-8-7-22-18-24(33)19-26-25(21(3)32(23)28(22)26)10-12-30-13-15-31(16-14-30)27-17-20(2)9-11-29-27;;/h9,11,17-19,23,33H,4-8,10,12-16H2,1-3H3;2*1H. The maximum atomic E-state index is 10.4. The molecule has 1 aromatic carbocycles. The van der Waals surface area contributed by atoms with Crippen LogP contribution < -0.4 is 4.90 Å². The second kappa shape index (κ2) is 11.9. The van der Waals surface area contributed by atoms with Crippen LogP contribution in [0.5, 0.6) is 5.75 Å². The number of benzene rings is 1. The van der Waals surface area contributed by atoms with Gasteiger partial charge >= 0.3 is 0 Å². The second-order valence-corrected chi connectivity index (χ2v) is 10.0.